The Balaban J connectivity index is 3.13. The lowest BCUT2D eigenvalue weighted by Gasteiger charge is -2.02. The third-order valence-electron chi connectivity index (χ3n) is 1.62. The van der Waals surface area contributed by atoms with Gasteiger partial charge >= 0.3 is 16.4 Å². The molecule has 0 radical (unpaired) electrons. The molecule has 2 N–H and O–H groups in total. The van der Waals surface area contributed by atoms with Crippen LogP contribution < -0.4 is 4.13 Å². The molecule has 0 unspecified atom stereocenters. The molecule has 7 nitrogen and oxygen atoms in total. The van der Waals surface area contributed by atoms with E-state index in [0.717, 1.165) is 28.4 Å². The van der Waals surface area contributed by atoms with Crippen LogP contribution in [0, 0.1) is 0 Å². The summed E-state index contributed by atoms with van der Waals surface area (Å²) in [5.74, 6) is -1.28. The minimum atomic E-state index is -5.41. The van der Waals surface area contributed by atoms with Crippen molar-refractivity contribution in [1.29, 1.82) is 0 Å². The van der Waals surface area contributed by atoms with Crippen LogP contribution in [0.15, 0.2) is 29.2 Å². The van der Waals surface area contributed by atoms with Gasteiger partial charge in [0.25, 0.3) is 10.0 Å². The molecule has 1 rings (SSSR count). The lowest BCUT2D eigenvalue weighted by atomic mass is 10.2. The molecule has 0 heterocycles. The number of hydrogen-bond donors (Lipinski definition) is 2. The van der Waals surface area contributed by atoms with Crippen molar-refractivity contribution in [3.63, 3.8) is 0 Å². The van der Waals surface area contributed by atoms with E-state index >= 15 is 0 Å². The zero-order valence-electron chi connectivity index (χ0n) is 7.99. The van der Waals surface area contributed by atoms with E-state index < -0.39 is 31.3 Å². The number of carbonyl (C=O) groups is 1. The Morgan fingerprint density at radius 2 is 1.59 bits per heavy atom. The van der Waals surface area contributed by atoms with Crippen LogP contribution in [0.3, 0.4) is 0 Å². The maximum Gasteiger partial charge on any atom is 0.385 e. The highest BCUT2D eigenvalue weighted by atomic mass is 32.3. The van der Waals surface area contributed by atoms with Crippen molar-refractivity contribution in [2.24, 2.45) is 0 Å². The minimum absolute atomic E-state index is 0.188. The van der Waals surface area contributed by atoms with E-state index in [-0.39, 0.29) is 5.56 Å². The summed E-state index contributed by atoms with van der Waals surface area (Å²) in [6, 6.07) is 3.58. The Kier molecular flexibility index (Phi) is 3.50. The Labute approximate surface area is 96.3 Å². The van der Waals surface area contributed by atoms with E-state index in [4.69, 9.17) is 5.11 Å². The number of carboxylic acid groups (broad SMARTS) is 1. The molecule has 0 saturated heterocycles. The molecule has 0 fully saturated rings. The van der Waals surface area contributed by atoms with Gasteiger partial charge in [-0.1, -0.05) is 8.01 Å². The first-order valence-corrected chi connectivity index (χ1v) is 6.80. The molecule has 0 saturated carbocycles. The second-order valence-corrected chi connectivity index (χ2v) is 5.87. The third-order valence-corrected chi connectivity index (χ3v) is 4.19. The van der Waals surface area contributed by atoms with E-state index in [1.165, 1.54) is 0 Å². The summed E-state index contributed by atoms with van der Waals surface area (Å²) in [7, 11) is -9.98. The van der Waals surface area contributed by atoms with Gasteiger partial charge in [-0.2, -0.15) is 8.42 Å². The predicted octanol–water partition coefficient (Wildman–Crippen LogP) is -0.123. The van der Waals surface area contributed by atoms with E-state index in [2.05, 4.69) is 0 Å². The average molecular weight is 283 g/mol. The number of aromatic carboxylic acids is 1. The molecule has 0 aliphatic carbocycles. The molecule has 0 aliphatic heterocycles. The lowest BCUT2D eigenvalue weighted by molar-refractivity contribution is 0.0696. The molecule has 1 aromatic carbocycles. The van der Waals surface area contributed by atoms with Crippen LogP contribution in [0.2, 0.25) is 0 Å². The van der Waals surface area contributed by atoms with E-state index in [0.29, 0.717) is 0 Å². The monoisotopic (exact) mass is 283 g/mol. The van der Waals surface area contributed by atoms with Gasteiger partial charge in [0.15, 0.2) is 0 Å². The summed E-state index contributed by atoms with van der Waals surface area (Å²) < 4.78 is 55.7. The third kappa shape index (κ3) is 3.76. The van der Waals surface area contributed by atoms with E-state index in [1.807, 2.05) is 0 Å². The Morgan fingerprint density at radius 1 is 1.12 bits per heavy atom. The van der Waals surface area contributed by atoms with Crippen LogP contribution in [0.25, 0.3) is 0 Å². The number of nitrogens with one attached hydrogen (secondary N) is 1. The van der Waals surface area contributed by atoms with Crippen LogP contribution in [-0.4, -0.2) is 27.9 Å². The molecule has 0 atom stereocenters. The van der Waals surface area contributed by atoms with Crippen LogP contribution in [0.4, 0.5) is 3.89 Å². The van der Waals surface area contributed by atoms with Crippen molar-refractivity contribution in [1.82, 2.24) is 4.13 Å². The fraction of sp³-hybridized carbons (Fsp3) is 0. The first kappa shape index (κ1) is 13.5. The SMILES string of the molecule is O=C(O)c1ccc(S(=O)(=O)NS(=O)(=O)F)cc1. The topological polar surface area (TPSA) is 118 Å². The maximum absolute atomic E-state index is 12.2. The van der Waals surface area contributed by atoms with Crippen LogP contribution in [-0.2, 0) is 20.4 Å². The van der Waals surface area contributed by atoms with Crippen molar-refractivity contribution in [3.05, 3.63) is 29.8 Å². The summed E-state index contributed by atoms with van der Waals surface area (Å²) in [5, 5.41) is 8.54. The van der Waals surface area contributed by atoms with Crippen LogP contribution >= 0.6 is 0 Å². The van der Waals surface area contributed by atoms with Crippen molar-refractivity contribution < 1.29 is 30.6 Å². The van der Waals surface area contributed by atoms with Crippen LogP contribution in [0.1, 0.15) is 10.4 Å². The Hall–Kier alpha value is -1.52. The standard InChI is InChI=1S/C7H6FNO6S2/c8-17(14,15)9-16(12,13)6-3-1-5(2-4-6)7(10)11/h1-4,9H,(H,10,11). The van der Waals surface area contributed by atoms with Gasteiger partial charge in [0.2, 0.25) is 0 Å². The molecule has 17 heavy (non-hydrogen) atoms. The molecule has 1 aromatic rings. The lowest BCUT2D eigenvalue weighted by Crippen LogP contribution is -2.27. The number of rotatable bonds is 4. The normalized spacial score (nSPS) is 12.3. The summed E-state index contributed by atoms with van der Waals surface area (Å²) in [5.41, 5.74) is -0.188. The highest BCUT2D eigenvalue weighted by molar-refractivity contribution is 8.02. The molecular formula is C7H6FNO6S2. The number of sulfonamides is 1. The summed E-state index contributed by atoms with van der Waals surface area (Å²) >= 11 is 0. The van der Waals surface area contributed by atoms with E-state index in [1.54, 1.807) is 0 Å². The second kappa shape index (κ2) is 4.39. The fourth-order valence-electron chi connectivity index (χ4n) is 0.956. The van der Waals surface area contributed by atoms with Gasteiger partial charge in [-0.25, -0.2) is 13.2 Å². The Bertz CT molecular complexity index is 633. The molecule has 0 amide bonds. The molecule has 0 spiro atoms. The minimum Gasteiger partial charge on any atom is -0.478 e. The molecule has 10 heteroatoms. The average Bonchev–Trinajstić information content (AvgIpc) is 2.14. The molecule has 0 bridgehead atoms. The molecular weight excluding hydrogens is 277 g/mol. The summed E-state index contributed by atoms with van der Waals surface area (Å²) in [6.45, 7) is 0. The number of halogens is 1. The smallest absolute Gasteiger partial charge is 0.385 e. The summed E-state index contributed by atoms with van der Waals surface area (Å²) in [6.07, 6.45) is 0. The molecule has 0 aromatic heterocycles. The second-order valence-electron chi connectivity index (χ2n) is 2.85. The predicted molar refractivity (Wildman–Crippen MR) is 53.8 cm³/mol. The van der Waals surface area contributed by atoms with Gasteiger partial charge in [-0.05, 0) is 24.3 Å². The zero-order chi connectivity index (χ0) is 13.3. The van der Waals surface area contributed by atoms with E-state index in [9.17, 15) is 25.5 Å². The van der Waals surface area contributed by atoms with Gasteiger partial charge in [0.1, 0.15) is 0 Å². The highest BCUT2D eigenvalue weighted by Gasteiger charge is 2.22. The van der Waals surface area contributed by atoms with Crippen molar-refractivity contribution in [3.8, 4) is 0 Å². The highest BCUT2D eigenvalue weighted by Crippen LogP contribution is 2.11. The van der Waals surface area contributed by atoms with Gasteiger partial charge in [-0.3, -0.25) is 0 Å². The Morgan fingerprint density at radius 3 is 1.94 bits per heavy atom. The van der Waals surface area contributed by atoms with Crippen molar-refractivity contribution in [2.45, 2.75) is 4.90 Å². The first-order valence-electron chi connectivity index (χ1n) is 3.93. The van der Waals surface area contributed by atoms with Crippen LogP contribution in [0.5, 0.6) is 0 Å². The van der Waals surface area contributed by atoms with Crippen molar-refractivity contribution >= 4 is 26.4 Å². The number of benzene rings is 1. The van der Waals surface area contributed by atoms with Crippen molar-refractivity contribution in [2.75, 3.05) is 0 Å². The molecule has 0 aliphatic rings. The zero-order valence-corrected chi connectivity index (χ0v) is 9.63. The number of hydrogen-bond acceptors (Lipinski definition) is 5. The largest absolute Gasteiger partial charge is 0.478 e. The first-order chi connectivity index (χ1) is 7.62. The maximum atomic E-state index is 12.2. The van der Waals surface area contributed by atoms with Gasteiger partial charge in [0, 0.05) is 0 Å². The fourth-order valence-corrected chi connectivity index (χ4v) is 2.88. The molecule has 94 valence electrons. The van der Waals surface area contributed by atoms with Gasteiger partial charge in [0.05, 0.1) is 10.5 Å². The van der Waals surface area contributed by atoms with Gasteiger partial charge < -0.3 is 5.11 Å². The summed E-state index contributed by atoms with van der Waals surface area (Å²) in [4.78, 5) is 9.90. The quantitative estimate of drug-likeness (QED) is 0.744. The van der Waals surface area contributed by atoms with Gasteiger partial charge in [-0.15, -0.1) is 0 Å². The number of carboxylic acids is 1.